The van der Waals surface area contributed by atoms with E-state index in [-0.39, 0.29) is 6.42 Å². The second kappa shape index (κ2) is 6.45. The fourth-order valence-corrected chi connectivity index (χ4v) is 2.54. The Morgan fingerprint density at radius 3 is 2.77 bits per heavy atom. The highest BCUT2D eigenvalue weighted by Gasteiger charge is 2.37. The molecule has 2 heterocycles. The van der Waals surface area contributed by atoms with Crippen molar-refractivity contribution in [3.63, 3.8) is 0 Å². The Morgan fingerprint density at radius 2 is 2.18 bits per heavy atom. The zero-order valence-corrected chi connectivity index (χ0v) is 12.6. The molecule has 0 aromatic carbocycles. The number of hydrogen-bond acceptors (Lipinski definition) is 6. The van der Waals surface area contributed by atoms with Crippen molar-refractivity contribution in [3.8, 4) is 0 Å². The molecule has 3 atom stereocenters. The van der Waals surface area contributed by atoms with Crippen molar-refractivity contribution < 1.29 is 28.7 Å². The average Bonchev–Trinajstić information content (AvgIpc) is 2.77. The number of aromatic nitrogens is 2. The van der Waals surface area contributed by atoms with Crippen LogP contribution in [0.25, 0.3) is 0 Å². The standard InChI is InChI=1S/C11H17N2O8P/c1-2-6-4-13(11(16)12-10(6)15)9-3-7(14)8(21-9)5-20-22(17,18)19/h4,7-9,14H,2-3,5H2,1H3,(H,12,15,16)(H2,17,18,19)/t7-,8+,9+/m0/s1. The fourth-order valence-electron chi connectivity index (χ4n) is 2.20. The first-order chi connectivity index (χ1) is 10.2. The molecule has 1 saturated heterocycles. The highest BCUT2D eigenvalue weighted by atomic mass is 31.2. The number of aliphatic hydroxyl groups excluding tert-OH is 1. The minimum Gasteiger partial charge on any atom is -0.390 e. The Morgan fingerprint density at radius 1 is 1.50 bits per heavy atom. The summed E-state index contributed by atoms with van der Waals surface area (Å²) in [6.45, 7) is 1.24. The summed E-state index contributed by atoms with van der Waals surface area (Å²) in [7, 11) is -4.67. The zero-order chi connectivity index (χ0) is 16.5. The number of rotatable bonds is 5. The van der Waals surface area contributed by atoms with E-state index in [9.17, 15) is 19.3 Å². The van der Waals surface area contributed by atoms with Gasteiger partial charge in [0.15, 0.2) is 0 Å². The molecule has 10 nitrogen and oxygen atoms in total. The molecule has 1 aromatic rings. The second-order valence-corrected chi connectivity index (χ2v) is 6.13. The molecular weight excluding hydrogens is 319 g/mol. The number of H-pyrrole nitrogens is 1. The number of phosphoric acid groups is 1. The van der Waals surface area contributed by atoms with Crippen LogP contribution in [-0.2, 0) is 20.2 Å². The molecule has 0 radical (unpaired) electrons. The second-order valence-electron chi connectivity index (χ2n) is 4.89. The van der Waals surface area contributed by atoms with Crippen LogP contribution in [0.5, 0.6) is 0 Å². The van der Waals surface area contributed by atoms with Crippen LogP contribution in [-0.4, -0.2) is 43.3 Å². The van der Waals surface area contributed by atoms with Crippen LogP contribution < -0.4 is 11.2 Å². The van der Waals surface area contributed by atoms with Crippen LogP contribution in [0.4, 0.5) is 0 Å². The van der Waals surface area contributed by atoms with E-state index in [0.29, 0.717) is 12.0 Å². The third-order valence-electron chi connectivity index (χ3n) is 3.34. The minimum atomic E-state index is -4.67. The van der Waals surface area contributed by atoms with Crippen molar-refractivity contribution in [2.24, 2.45) is 0 Å². The highest BCUT2D eigenvalue weighted by Crippen LogP contribution is 2.38. The van der Waals surface area contributed by atoms with Crippen molar-refractivity contribution in [1.29, 1.82) is 0 Å². The summed E-state index contributed by atoms with van der Waals surface area (Å²) in [5, 5.41) is 9.84. The highest BCUT2D eigenvalue weighted by molar-refractivity contribution is 7.46. The summed E-state index contributed by atoms with van der Waals surface area (Å²) >= 11 is 0. The topological polar surface area (TPSA) is 151 Å². The number of ether oxygens (including phenoxy) is 1. The Hall–Kier alpha value is -1.29. The van der Waals surface area contributed by atoms with Gasteiger partial charge in [0.25, 0.3) is 5.56 Å². The normalized spacial score (nSPS) is 25.5. The lowest BCUT2D eigenvalue weighted by atomic mass is 10.2. The maximum Gasteiger partial charge on any atom is 0.469 e. The summed E-state index contributed by atoms with van der Waals surface area (Å²) in [5.41, 5.74) is -0.785. The number of nitrogens with zero attached hydrogens (tertiary/aromatic N) is 1. The van der Waals surface area contributed by atoms with Crippen LogP contribution in [0, 0.1) is 0 Å². The van der Waals surface area contributed by atoms with Gasteiger partial charge < -0.3 is 19.6 Å². The van der Waals surface area contributed by atoms with E-state index in [4.69, 9.17) is 14.5 Å². The molecule has 11 heteroatoms. The van der Waals surface area contributed by atoms with E-state index in [0.717, 1.165) is 4.57 Å². The van der Waals surface area contributed by atoms with Crippen molar-refractivity contribution in [2.75, 3.05) is 6.61 Å². The largest absolute Gasteiger partial charge is 0.469 e. The molecule has 22 heavy (non-hydrogen) atoms. The molecule has 0 saturated carbocycles. The number of hydrogen-bond donors (Lipinski definition) is 4. The molecule has 0 unspecified atom stereocenters. The van der Waals surface area contributed by atoms with Crippen molar-refractivity contribution in [1.82, 2.24) is 9.55 Å². The van der Waals surface area contributed by atoms with Crippen LogP contribution in [0.3, 0.4) is 0 Å². The van der Waals surface area contributed by atoms with Gasteiger partial charge in [-0.1, -0.05) is 6.92 Å². The molecule has 2 rings (SSSR count). The molecule has 1 fully saturated rings. The molecule has 0 spiro atoms. The maximum atomic E-state index is 11.8. The average molecular weight is 336 g/mol. The maximum absolute atomic E-state index is 11.8. The summed E-state index contributed by atoms with van der Waals surface area (Å²) in [6.07, 6.45) is -1.10. The smallest absolute Gasteiger partial charge is 0.390 e. The molecule has 0 bridgehead atoms. The summed E-state index contributed by atoms with van der Waals surface area (Å²) in [4.78, 5) is 42.8. The molecule has 1 aromatic heterocycles. The van der Waals surface area contributed by atoms with Crippen LogP contribution in [0.2, 0.25) is 0 Å². The fraction of sp³-hybridized carbons (Fsp3) is 0.636. The Labute approximate surface area is 124 Å². The van der Waals surface area contributed by atoms with E-state index in [1.165, 1.54) is 6.20 Å². The van der Waals surface area contributed by atoms with Gasteiger partial charge in [0, 0.05) is 18.2 Å². The van der Waals surface area contributed by atoms with Gasteiger partial charge in [-0.25, -0.2) is 9.36 Å². The summed E-state index contributed by atoms with van der Waals surface area (Å²) in [5.74, 6) is 0. The first kappa shape index (κ1) is 17.1. The lowest BCUT2D eigenvalue weighted by molar-refractivity contribution is -0.0451. The van der Waals surface area contributed by atoms with Gasteiger partial charge >= 0.3 is 13.5 Å². The predicted molar refractivity (Wildman–Crippen MR) is 73.2 cm³/mol. The van der Waals surface area contributed by atoms with Crippen molar-refractivity contribution >= 4 is 7.82 Å². The number of aryl methyl sites for hydroxylation is 1. The number of nitrogens with one attached hydrogen (secondary N) is 1. The third-order valence-corrected chi connectivity index (χ3v) is 3.83. The number of phosphoric ester groups is 1. The third kappa shape index (κ3) is 3.92. The number of aliphatic hydroxyl groups is 1. The molecule has 4 N–H and O–H groups in total. The van der Waals surface area contributed by atoms with Gasteiger partial charge in [0.2, 0.25) is 0 Å². The monoisotopic (exact) mass is 336 g/mol. The number of aromatic amines is 1. The van der Waals surface area contributed by atoms with Gasteiger partial charge in [0.1, 0.15) is 12.3 Å². The molecule has 124 valence electrons. The van der Waals surface area contributed by atoms with E-state index in [1.807, 2.05) is 0 Å². The summed E-state index contributed by atoms with van der Waals surface area (Å²) in [6, 6.07) is 0. The quantitative estimate of drug-likeness (QED) is 0.492. The first-order valence-corrected chi connectivity index (χ1v) is 8.12. The van der Waals surface area contributed by atoms with Crippen LogP contribution in [0.1, 0.15) is 25.1 Å². The van der Waals surface area contributed by atoms with Gasteiger partial charge in [-0.3, -0.25) is 18.9 Å². The van der Waals surface area contributed by atoms with Crippen LogP contribution >= 0.6 is 7.82 Å². The molecule has 1 aliphatic heterocycles. The SMILES string of the molecule is CCc1cn([C@H]2C[C@H](O)[C@@H](COP(=O)(O)O)O2)c(=O)[nH]c1=O. The van der Waals surface area contributed by atoms with E-state index >= 15 is 0 Å². The van der Waals surface area contributed by atoms with Gasteiger partial charge in [-0.15, -0.1) is 0 Å². The molecule has 0 amide bonds. The lowest BCUT2D eigenvalue weighted by Crippen LogP contribution is -2.34. The van der Waals surface area contributed by atoms with Crippen molar-refractivity contribution in [3.05, 3.63) is 32.6 Å². The van der Waals surface area contributed by atoms with Gasteiger partial charge in [-0.2, -0.15) is 0 Å². The van der Waals surface area contributed by atoms with Crippen molar-refractivity contribution in [2.45, 2.75) is 38.2 Å². The predicted octanol–water partition coefficient (Wildman–Crippen LogP) is -1.14. The summed E-state index contributed by atoms with van der Waals surface area (Å²) < 4.78 is 21.5. The minimum absolute atomic E-state index is 0.0320. The molecular formula is C11H17N2O8P. The first-order valence-electron chi connectivity index (χ1n) is 6.59. The van der Waals surface area contributed by atoms with Gasteiger partial charge in [-0.05, 0) is 6.42 Å². The van der Waals surface area contributed by atoms with E-state index in [1.54, 1.807) is 6.92 Å². The van der Waals surface area contributed by atoms with E-state index < -0.39 is 44.1 Å². The lowest BCUT2D eigenvalue weighted by Gasteiger charge is -2.16. The molecule has 1 aliphatic rings. The Balaban J connectivity index is 2.17. The zero-order valence-electron chi connectivity index (χ0n) is 11.7. The van der Waals surface area contributed by atoms with Crippen LogP contribution in [0.15, 0.2) is 15.8 Å². The van der Waals surface area contributed by atoms with E-state index in [2.05, 4.69) is 9.51 Å². The molecule has 0 aliphatic carbocycles. The Kier molecular flexibility index (Phi) is 5.00. The van der Waals surface area contributed by atoms with Gasteiger partial charge in [0.05, 0.1) is 12.7 Å². The Bertz CT molecular complexity index is 692.